The molecule has 6 heavy (non-hydrogen) atoms. The van der Waals surface area contributed by atoms with Gasteiger partial charge >= 0.3 is 0 Å². The number of carbonyl (C=O) groups is 1. The van der Waals surface area contributed by atoms with E-state index in [1.54, 1.807) is 0 Å². The van der Waals surface area contributed by atoms with Crippen LogP contribution in [0.25, 0.3) is 0 Å². The molecular formula is C2H4ClNO2. The third-order valence-corrected chi connectivity index (χ3v) is 0.332. The van der Waals surface area contributed by atoms with Crippen molar-refractivity contribution < 1.29 is 9.90 Å². The minimum Gasteiger partial charge on any atom is -0.361 e. The van der Waals surface area contributed by atoms with E-state index in [1.807, 2.05) is 5.32 Å². The van der Waals surface area contributed by atoms with E-state index >= 15 is 0 Å². The molecule has 4 heteroatoms. The van der Waals surface area contributed by atoms with Crippen molar-refractivity contribution in [2.75, 3.05) is 0 Å². The Balaban J connectivity index is 2.81. The zero-order valence-corrected chi connectivity index (χ0v) is 3.64. The van der Waals surface area contributed by atoms with Gasteiger partial charge in [0.25, 0.3) is 0 Å². The van der Waals surface area contributed by atoms with Gasteiger partial charge in [-0.15, -0.1) is 0 Å². The van der Waals surface area contributed by atoms with Gasteiger partial charge in [0.2, 0.25) is 12.1 Å². The summed E-state index contributed by atoms with van der Waals surface area (Å²) in [5.74, 6) is 0. The van der Waals surface area contributed by atoms with Crippen LogP contribution in [0.4, 0.5) is 0 Å². The highest BCUT2D eigenvalue weighted by Gasteiger charge is 1.86. The summed E-state index contributed by atoms with van der Waals surface area (Å²) >= 11 is 4.79. The number of aliphatic hydroxyl groups is 1. The SMILES string of the molecule is O=CNC(O)Cl. The molecule has 0 aliphatic heterocycles. The molecule has 1 atom stereocenters. The second kappa shape index (κ2) is 2.93. The lowest BCUT2D eigenvalue weighted by atomic mass is 11.1. The Hall–Kier alpha value is -0.280. The zero-order valence-electron chi connectivity index (χ0n) is 2.89. The van der Waals surface area contributed by atoms with Gasteiger partial charge in [0.15, 0.2) is 0 Å². The molecule has 0 saturated carbocycles. The molecule has 36 valence electrons. The molecule has 0 aliphatic carbocycles. The maximum absolute atomic E-state index is 9.26. The lowest BCUT2D eigenvalue weighted by Gasteiger charge is -1.92. The van der Waals surface area contributed by atoms with Crippen LogP contribution >= 0.6 is 11.6 Å². The Morgan fingerprint density at radius 1 is 2.00 bits per heavy atom. The van der Waals surface area contributed by atoms with Gasteiger partial charge in [0.05, 0.1) is 0 Å². The average molecular weight is 110 g/mol. The summed E-state index contributed by atoms with van der Waals surface area (Å²) in [6.07, 6.45) is 0.317. The molecule has 1 amide bonds. The molecule has 0 bridgehead atoms. The predicted molar refractivity (Wildman–Crippen MR) is 21.1 cm³/mol. The van der Waals surface area contributed by atoms with Gasteiger partial charge in [-0.25, -0.2) is 0 Å². The van der Waals surface area contributed by atoms with Crippen LogP contribution in [0.5, 0.6) is 0 Å². The molecule has 3 nitrogen and oxygen atoms in total. The Morgan fingerprint density at radius 2 is 2.50 bits per heavy atom. The number of nitrogens with one attached hydrogen (secondary N) is 1. The molecule has 0 aliphatic rings. The molecule has 2 N–H and O–H groups in total. The van der Waals surface area contributed by atoms with Crippen molar-refractivity contribution in [3.05, 3.63) is 0 Å². The van der Waals surface area contributed by atoms with Crippen molar-refractivity contribution in [1.82, 2.24) is 5.32 Å². The maximum atomic E-state index is 9.26. The lowest BCUT2D eigenvalue weighted by molar-refractivity contribution is -0.111. The molecule has 0 radical (unpaired) electrons. The monoisotopic (exact) mass is 109 g/mol. The lowest BCUT2D eigenvalue weighted by Crippen LogP contribution is -2.20. The maximum Gasteiger partial charge on any atom is 0.210 e. The summed E-state index contributed by atoms with van der Waals surface area (Å²) in [6, 6.07) is 0. The number of aliphatic hydroxyl groups excluding tert-OH is 1. The Bertz CT molecular complexity index is 46.8. The molecule has 0 aromatic carbocycles. The molecule has 0 aromatic heterocycles. The molecule has 1 unspecified atom stereocenters. The largest absolute Gasteiger partial charge is 0.361 e. The van der Waals surface area contributed by atoms with E-state index in [-0.39, 0.29) is 0 Å². The van der Waals surface area contributed by atoms with Gasteiger partial charge in [-0.05, 0) is 0 Å². The van der Waals surface area contributed by atoms with E-state index in [0.717, 1.165) is 0 Å². The van der Waals surface area contributed by atoms with Crippen molar-refractivity contribution in [1.29, 1.82) is 0 Å². The Labute approximate surface area is 39.9 Å². The standard InChI is InChI=1S/C2H4ClNO2/c3-2(6)4-1-5/h1-2,6H,(H,4,5). The summed E-state index contributed by atoms with van der Waals surface area (Å²) in [4.78, 5) is 9.26. The molecule has 0 heterocycles. The third kappa shape index (κ3) is 3.72. The Kier molecular flexibility index (Phi) is 2.80. The normalized spacial score (nSPS) is 13.0. The van der Waals surface area contributed by atoms with Crippen molar-refractivity contribution in [3.8, 4) is 0 Å². The van der Waals surface area contributed by atoms with Crippen molar-refractivity contribution >= 4 is 18.0 Å². The average Bonchev–Trinajstić information content (AvgIpc) is 1.35. The first-order valence-corrected chi connectivity index (χ1v) is 1.73. The molecule has 0 rings (SSSR count). The van der Waals surface area contributed by atoms with Crippen LogP contribution in [-0.2, 0) is 4.79 Å². The van der Waals surface area contributed by atoms with Crippen LogP contribution in [0.3, 0.4) is 0 Å². The van der Waals surface area contributed by atoms with Crippen LogP contribution in [0.2, 0.25) is 0 Å². The number of rotatable bonds is 2. The van der Waals surface area contributed by atoms with Crippen molar-refractivity contribution in [2.45, 2.75) is 5.69 Å². The highest BCUT2D eigenvalue weighted by molar-refractivity contribution is 6.19. The molecular weight excluding hydrogens is 105 g/mol. The van der Waals surface area contributed by atoms with E-state index in [0.29, 0.717) is 6.41 Å². The van der Waals surface area contributed by atoms with E-state index < -0.39 is 5.69 Å². The van der Waals surface area contributed by atoms with Crippen LogP contribution in [0.1, 0.15) is 0 Å². The first-order valence-electron chi connectivity index (χ1n) is 1.29. The van der Waals surface area contributed by atoms with Gasteiger partial charge < -0.3 is 10.4 Å². The topological polar surface area (TPSA) is 49.3 Å². The van der Waals surface area contributed by atoms with Crippen molar-refractivity contribution in [3.63, 3.8) is 0 Å². The second-order valence-corrected chi connectivity index (χ2v) is 1.03. The molecule has 0 fully saturated rings. The van der Waals surface area contributed by atoms with E-state index in [1.165, 1.54) is 0 Å². The fraction of sp³-hybridized carbons (Fsp3) is 0.500. The highest BCUT2D eigenvalue weighted by Crippen LogP contribution is 1.75. The highest BCUT2D eigenvalue weighted by atomic mass is 35.5. The summed E-state index contributed by atoms with van der Waals surface area (Å²) in [7, 11) is 0. The van der Waals surface area contributed by atoms with Crippen molar-refractivity contribution in [2.24, 2.45) is 0 Å². The number of alkyl halides is 1. The fourth-order valence-corrected chi connectivity index (χ4v) is 0.108. The van der Waals surface area contributed by atoms with Crippen LogP contribution in [0.15, 0.2) is 0 Å². The summed E-state index contributed by atoms with van der Waals surface area (Å²) in [5, 5.41) is 9.82. The minimum atomic E-state index is -1.25. The molecule has 0 aromatic rings. The predicted octanol–water partition coefficient (Wildman–Crippen LogP) is -0.753. The van der Waals surface area contributed by atoms with E-state index in [9.17, 15) is 4.79 Å². The summed E-state index contributed by atoms with van der Waals surface area (Å²) in [6.45, 7) is 0. The second-order valence-electron chi connectivity index (χ2n) is 0.620. The summed E-state index contributed by atoms with van der Waals surface area (Å²) < 4.78 is 0. The van der Waals surface area contributed by atoms with Crippen LogP contribution in [-0.4, -0.2) is 17.2 Å². The Morgan fingerprint density at radius 3 is 2.50 bits per heavy atom. The number of amides is 1. The van der Waals surface area contributed by atoms with E-state index in [2.05, 4.69) is 0 Å². The van der Waals surface area contributed by atoms with Gasteiger partial charge in [0.1, 0.15) is 0 Å². The van der Waals surface area contributed by atoms with Crippen LogP contribution in [0, 0.1) is 0 Å². The number of hydrogen-bond acceptors (Lipinski definition) is 2. The van der Waals surface area contributed by atoms with Gasteiger partial charge in [-0.1, -0.05) is 11.6 Å². The number of carbonyl (C=O) groups excluding carboxylic acids is 1. The van der Waals surface area contributed by atoms with Crippen LogP contribution < -0.4 is 5.32 Å². The van der Waals surface area contributed by atoms with E-state index in [4.69, 9.17) is 16.7 Å². The zero-order chi connectivity index (χ0) is 4.99. The minimum absolute atomic E-state index is 0.317. The van der Waals surface area contributed by atoms with Gasteiger partial charge in [-0.3, -0.25) is 4.79 Å². The quantitative estimate of drug-likeness (QED) is 0.212. The van der Waals surface area contributed by atoms with Gasteiger partial charge in [0, 0.05) is 0 Å². The molecule has 0 saturated heterocycles. The first-order chi connectivity index (χ1) is 2.77. The fourth-order valence-electron chi connectivity index (χ4n) is 0.0561. The third-order valence-electron chi connectivity index (χ3n) is 0.206. The number of hydrogen-bond donors (Lipinski definition) is 2. The number of halogens is 1. The first kappa shape index (κ1) is 5.72. The molecule has 0 spiro atoms. The smallest absolute Gasteiger partial charge is 0.210 e. The van der Waals surface area contributed by atoms with Gasteiger partial charge in [-0.2, -0.15) is 0 Å². The summed E-state index contributed by atoms with van der Waals surface area (Å²) in [5.41, 5.74) is -1.25.